The smallest absolute Gasteiger partial charge is 0.220 e. The summed E-state index contributed by atoms with van der Waals surface area (Å²) in [6.45, 7) is 0.487. The van der Waals surface area contributed by atoms with E-state index in [1.165, 1.54) is 0 Å². The zero-order chi connectivity index (χ0) is 13.4. The summed E-state index contributed by atoms with van der Waals surface area (Å²) in [4.78, 5) is 21.8. The van der Waals surface area contributed by atoms with Gasteiger partial charge in [0, 0.05) is 19.4 Å². The number of nitrogens with one attached hydrogen (secondary N) is 1. The second-order valence-corrected chi connectivity index (χ2v) is 4.51. The lowest BCUT2D eigenvalue weighted by Crippen LogP contribution is -2.26. The van der Waals surface area contributed by atoms with Gasteiger partial charge < -0.3 is 11.1 Å². The lowest BCUT2D eigenvalue weighted by atomic mass is 10.1. The van der Waals surface area contributed by atoms with Crippen LogP contribution < -0.4 is 11.1 Å². The first kappa shape index (κ1) is 14.5. The molecule has 2 amide bonds. The van der Waals surface area contributed by atoms with E-state index in [9.17, 15) is 9.59 Å². The second-order valence-electron chi connectivity index (χ2n) is 3.98. The van der Waals surface area contributed by atoms with Gasteiger partial charge in [-0.2, -0.15) is 0 Å². The average Bonchev–Trinajstić information content (AvgIpc) is 2.37. The maximum absolute atomic E-state index is 11.3. The van der Waals surface area contributed by atoms with Crippen LogP contribution in [0.5, 0.6) is 0 Å². The van der Waals surface area contributed by atoms with Crippen LogP contribution in [0.15, 0.2) is 30.3 Å². The normalized spacial score (nSPS) is 11.8. The van der Waals surface area contributed by atoms with Crippen molar-refractivity contribution in [2.75, 3.05) is 6.54 Å². The van der Waals surface area contributed by atoms with Crippen molar-refractivity contribution in [3.8, 4) is 0 Å². The largest absolute Gasteiger partial charge is 0.370 e. The van der Waals surface area contributed by atoms with Gasteiger partial charge >= 0.3 is 0 Å². The number of rotatable bonds is 7. The average molecular weight is 269 g/mol. The van der Waals surface area contributed by atoms with Crippen LogP contribution in [0.2, 0.25) is 0 Å². The van der Waals surface area contributed by atoms with Crippen molar-refractivity contribution in [3.63, 3.8) is 0 Å². The first-order valence-corrected chi connectivity index (χ1v) is 6.27. The van der Waals surface area contributed by atoms with Gasteiger partial charge in [0.2, 0.25) is 11.8 Å². The van der Waals surface area contributed by atoms with Crippen LogP contribution in [-0.4, -0.2) is 18.4 Å². The van der Waals surface area contributed by atoms with Crippen molar-refractivity contribution < 1.29 is 9.59 Å². The topological polar surface area (TPSA) is 72.2 Å². The molecule has 1 atom stereocenters. The first-order valence-electron chi connectivity index (χ1n) is 5.83. The molecule has 1 unspecified atom stereocenters. The monoisotopic (exact) mass is 268 g/mol. The number of nitrogens with two attached hydrogens (primary N) is 1. The summed E-state index contributed by atoms with van der Waals surface area (Å²) < 4.78 is 0. The fourth-order valence-corrected chi connectivity index (χ4v) is 1.75. The maximum atomic E-state index is 11.3. The molecule has 0 saturated heterocycles. The zero-order valence-electron chi connectivity index (χ0n) is 10.1. The molecule has 0 heterocycles. The lowest BCUT2D eigenvalue weighted by Gasteiger charge is -2.10. The molecule has 5 heteroatoms. The van der Waals surface area contributed by atoms with Gasteiger partial charge in [0.05, 0.1) is 5.38 Å². The Morgan fingerprint density at radius 3 is 2.50 bits per heavy atom. The predicted molar refractivity (Wildman–Crippen MR) is 71.1 cm³/mol. The second kappa shape index (κ2) is 7.71. The Labute approximate surface area is 112 Å². The molecule has 1 aromatic carbocycles. The molecule has 0 aliphatic heterocycles. The highest BCUT2D eigenvalue weighted by Crippen LogP contribution is 2.22. The molecule has 98 valence electrons. The van der Waals surface area contributed by atoms with E-state index >= 15 is 0 Å². The Balaban J connectivity index is 2.21. The van der Waals surface area contributed by atoms with Crippen molar-refractivity contribution in [2.45, 2.75) is 24.6 Å². The highest BCUT2D eigenvalue weighted by atomic mass is 35.5. The molecule has 0 radical (unpaired) electrons. The Morgan fingerprint density at radius 1 is 1.22 bits per heavy atom. The molecule has 1 aromatic rings. The van der Waals surface area contributed by atoms with Gasteiger partial charge in [0.25, 0.3) is 0 Å². The summed E-state index contributed by atoms with van der Waals surface area (Å²) >= 11 is 6.19. The molecule has 0 fully saturated rings. The van der Waals surface area contributed by atoms with Crippen LogP contribution in [-0.2, 0) is 9.59 Å². The molecule has 0 spiro atoms. The Hall–Kier alpha value is -1.55. The predicted octanol–water partition coefficient (Wildman–Crippen LogP) is 1.74. The summed E-state index contributed by atoms with van der Waals surface area (Å²) in [6.07, 6.45) is 0.857. The third-order valence-corrected chi connectivity index (χ3v) is 2.95. The third kappa shape index (κ3) is 5.68. The molecule has 0 bridgehead atoms. The molecule has 3 N–H and O–H groups in total. The number of hydrogen-bond acceptors (Lipinski definition) is 2. The van der Waals surface area contributed by atoms with E-state index in [0.29, 0.717) is 13.0 Å². The number of alkyl halides is 1. The first-order chi connectivity index (χ1) is 8.59. The molecule has 4 nitrogen and oxygen atoms in total. The van der Waals surface area contributed by atoms with E-state index in [2.05, 4.69) is 5.32 Å². The van der Waals surface area contributed by atoms with Gasteiger partial charge in [0.15, 0.2) is 0 Å². The van der Waals surface area contributed by atoms with E-state index < -0.39 is 5.91 Å². The molecular formula is C13H17ClN2O2. The van der Waals surface area contributed by atoms with E-state index in [4.69, 9.17) is 17.3 Å². The minimum Gasteiger partial charge on any atom is -0.370 e. The molecular weight excluding hydrogens is 252 g/mol. The molecule has 0 aromatic heterocycles. The number of amides is 2. The number of carbonyl (C=O) groups excluding carboxylic acids is 2. The quantitative estimate of drug-likeness (QED) is 0.740. The number of benzene rings is 1. The maximum Gasteiger partial charge on any atom is 0.220 e. The van der Waals surface area contributed by atoms with Crippen molar-refractivity contribution >= 4 is 23.4 Å². The van der Waals surface area contributed by atoms with Crippen LogP contribution in [0.3, 0.4) is 0 Å². The van der Waals surface area contributed by atoms with Gasteiger partial charge in [0.1, 0.15) is 0 Å². The molecule has 18 heavy (non-hydrogen) atoms. The molecule has 1 rings (SSSR count). The standard InChI is InChI=1S/C13H17ClN2O2/c14-11(10-4-2-1-3-5-10)8-9-16-13(18)7-6-12(15)17/h1-5,11H,6-9H2,(H2,15,17)(H,16,18). The summed E-state index contributed by atoms with van der Waals surface area (Å²) in [7, 11) is 0. The van der Waals surface area contributed by atoms with Gasteiger partial charge in [-0.25, -0.2) is 0 Å². The van der Waals surface area contributed by atoms with Crippen LogP contribution in [0, 0.1) is 0 Å². The third-order valence-electron chi connectivity index (χ3n) is 2.48. The fraction of sp³-hybridized carbons (Fsp3) is 0.385. The Bertz CT molecular complexity index is 395. The van der Waals surface area contributed by atoms with Gasteiger partial charge in [-0.1, -0.05) is 30.3 Å². The van der Waals surface area contributed by atoms with Crippen molar-refractivity contribution in [1.29, 1.82) is 0 Å². The summed E-state index contributed by atoms with van der Waals surface area (Å²) in [5.41, 5.74) is 5.99. The Morgan fingerprint density at radius 2 is 1.89 bits per heavy atom. The van der Waals surface area contributed by atoms with E-state index in [-0.39, 0.29) is 24.1 Å². The number of primary amides is 1. The van der Waals surface area contributed by atoms with Crippen LogP contribution in [0.4, 0.5) is 0 Å². The van der Waals surface area contributed by atoms with Crippen LogP contribution in [0.25, 0.3) is 0 Å². The molecule has 0 aliphatic carbocycles. The number of halogens is 1. The number of hydrogen-bond donors (Lipinski definition) is 2. The fourth-order valence-electron chi connectivity index (χ4n) is 1.49. The van der Waals surface area contributed by atoms with E-state index in [1.807, 2.05) is 30.3 Å². The van der Waals surface area contributed by atoms with Crippen molar-refractivity contribution in [1.82, 2.24) is 5.32 Å². The van der Waals surface area contributed by atoms with Gasteiger partial charge in [-0.3, -0.25) is 9.59 Å². The SMILES string of the molecule is NC(=O)CCC(=O)NCCC(Cl)c1ccccc1. The van der Waals surface area contributed by atoms with Crippen molar-refractivity contribution in [3.05, 3.63) is 35.9 Å². The molecule has 0 saturated carbocycles. The summed E-state index contributed by atoms with van der Waals surface area (Å²) in [5, 5.41) is 2.58. The minimum atomic E-state index is -0.468. The highest BCUT2D eigenvalue weighted by Gasteiger charge is 2.08. The van der Waals surface area contributed by atoms with E-state index in [0.717, 1.165) is 5.56 Å². The minimum absolute atomic E-state index is 0.0782. The van der Waals surface area contributed by atoms with Gasteiger partial charge in [-0.15, -0.1) is 11.6 Å². The summed E-state index contributed by atoms with van der Waals surface area (Å²) in [6, 6.07) is 9.68. The summed E-state index contributed by atoms with van der Waals surface area (Å²) in [5.74, 6) is -0.643. The van der Waals surface area contributed by atoms with Crippen molar-refractivity contribution in [2.24, 2.45) is 5.73 Å². The Kier molecular flexibility index (Phi) is 6.22. The van der Waals surface area contributed by atoms with Crippen LogP contribution in [0.1, 0.15) is 30.2 Å². The van der Waals surface area contributed by atoms with Crippen LogP contribution >= 0.6 is 11.6 Å². The van der Waals surface area contributed by atoms with E-state index in [1.54, 1.807) is 0 Å². The van der Waals surface area contributed by atoms with Gasteiger partial charge in [-0.05, 0) is 12.0 Å². The molecule has 0 aliphatic rings. The lowest BCUT2D eigenvalue weighted by molar-refractivity contribution is -0.125. The zero-order valence-corrected chi connectivity index (χ0v) is 10.8. The number of carbonyl (C=O) groups is 2. The highest BCUT2D eigenvalue weighted by molar-refractivity contribution is 6.20.